The lowest BCUT2D eigenvalue weighted by Crippen LogP contribution is -2.54. The molecule has 39 heavy (non-hydrogen) atoms. The van der Waals surface area contributed by atoms with E-state index < -0.39 is 22.9 Å². The number of methoxy groups -OCH3 is 1. The summed E-state index contributed by atoms with van der Waals surface area (Å²) in [7, 11) is 1.26. The van der Waals surface area contributed by atoms with Gasteiger partial charge in [0, 0.05) is 35.6 Å². The number of phenolic OH excluding ortho intramolecular Hbond substituents is 1. The summed E-state index contributed by atoms with van der Waals surface area (Å²) in [5.74, 6) is -3.01. The Labute approximate surface area is 237 Å². The number of benzene rings is 2. The Kier molecular flexibility index (Phi) is 11.7. The highest BCUT2D eigenvalue weighted by Gasteiger charge is 2.28. The van der Waals surface area contributed by atoms with E-state index in [4.69, 9.17) is 4.74 Å². The zero-order valence-corrected chi connectivity index (χ0v) is 22.6. The number of phenols is 1. The fourth-order valence-electron chi connectivity index (χ4n) is 4.22. The van der Waals surface area contributed by atoms with Crippen molar-refractivity contribution < 1.29 is 28.6 Å². The average Bonchev–Trinajstić information content (AvgIpc) is 3.14. The molecule has 2 atom stereocenters. The quantitative estimate of drug-likeness (QED) is 0.316. The first kappa shape index (κ1) is 31.5. The number of nitrogens with zero attached hydrogens (tertiary/aromatic N) is 1. The third-order valence-electron chi connectivity index (χ3n) is 6.23. The van der Waals surface area contributed by atoms with E-state index in [1.54, 1.807) is 12.1 Å². The van der Waals surface area contributed by atoms with Crippen LogP contribution in [0.4, 0.5) is 4.39 Å². The van der Waals surface area contributed by atoms with Crippen molar-refractivity contribution in [3.63, 3.8) is 0 Å². The van der Waals surface area contributed by atoms with Crippen LogP contribution < -0.4 is 20.7 Å². The van der Waals surface area contributed by atoms with Crippen molar-refractivity contribution in [2.75, 3.05) is 20.2 Å². The standard InChI is InChI=1S/C27H27FN4O5.2ClH/c1-37-22-9-8-21(33)23(24(22)28)25(34)16-4-6-17(7-5-16)26(35)31-19-3-2-12-30-15-20(19)32-27(36)18-10-13-29-14-11-18;;/h4-11,13-14,19-20,30,33H,2-3,12,15H2,1H3,(H,31,35)(H,32,36);2*1H/t19-,20-;;/m1../s1. The van der Waals surface area contributed by atoms with E-state index in [0.717, 1.165) is 13.0 Å². The van der Waals surface area contributed by atoms with Crippen molar-refractivity contribution in [3.05, 3.63) is 89.0 Å². The Morgan fingerprint density at radius 2 is 1.51 bits per heavy atom. The number of carbonyl (C=O) groups is 3. The number of rotatable bonds is 7. The van der Waals surface area contributed by atoms with Crippen LogP contribution >= 0.6 is 24.8 Å². The Balaban J connectivity index is 0.00000267. The fourth-order valence-corrected chi connectivity index (χ4v) is 4.22. The van der Waals surface area contributed by atoms with E-state index in [9.17, 15) is 23.9 Å². The smallest absolute Gasteiger partial charge is 0.251 e. The van der Waals surface area contributed by atoms with Crippen LogP contribution in [0, 0.1) is 5.82 Å². The van der Waals surface area contributed by atoms with Crippen LogP contribution in [-0.4, -0.2) is 60.0 Å². The maximum atomic E-state index is 14.6. The number of aromatic nitrogens is 1. The molecule has 1 saturated heterocycles. The van der Waals surface area contributed by atoms with Crippen LogP contribution in [0.1, 0.15) is 49.5 Å². The molecule has 4 N–H and O–H groups in total. The maximum Gasteiger partial charge on any atom is 0.251 e. The van der Waals surface area contributed by atoms with Gasteiger partial charge in [-0.1, -0.05) is 12.1 Å². The predicted octanol–water partition coefficient (Wildman–Crippen LogP) is 3.29. The van der Waals surface area contributed by atoms with Gasteiger partial charge in [-0.15, -0.1) is 24.8 Å². The molecule has 3 aromatic rings. The molecule has 2 amide bonds. The van der Waals surface area contributed by atoms with Gasteiger partial charge in [-0.25, -0.2) is 4.39 Å². The third kappa shape index (κ3) is 7.44. The van der Waals surface area contributed by atoms with Gasteiger partial charge in [0.15, 0.2) is 17.3 Å². The maximum absolute atomic E-state index is 14.6. The minimum Gasteiger partial charge on any atom is -0.507 e. The number of nitrogens with one attached hydrogen (secondary N) is 3. The van der Waals surface area contributed by atoms with Crippen LogP contribution in [-0.2, 0) is 0 Å². The monoisotopic (exact) mass is 578 g/mol. The van der Waals surface area contributed by atoms with Crippen molar-refractivity contribution >= 4 is 42.4 Å². The molecule has 1 aliphatic rings. The van der Waals surface area contributed by atoms with Crippen molar-refractivity contribution in [3.8, 4) is 11.5 Å². The molecule has 208 valence electrons. The second-order valence-electron chi connectivity index (χ2n) is 8.62. The lowest BCUT2D eigenvalue weighted by Gasteiger charge is -2.27. The minimum atomic E-state index is -0.962. The molecule has 0 aliphatic carbocycles. The molecule has 1 aliphatic heterocycles. The first-order valence-electron chi connectivity index (χ1n) is 11.8. The molecule has 12 heteroatoms. The van der Waals surface area contributed by atoms with Gasteiger partial charge in [0.1, 0.15) is 11.3 Å². The number of ether oxygens (including phenoxy) is 1. The zero-order chi connectivity index (χ0) is 26.4. The van der Waals surface area contributed by atoms with Crippen LogP contribution in [0.15, 0.2) is 60.9 Å². The molecule has 1 aromatic heterocycles. The summed E-state index contributed by atoms with van der Waals surface area (Å²) < 4.78 is 19.5. The van der Waals surface area contributed by atoms with Gasteiger partial charge < -0.3 is 25.8 Å². The Morgan fingerprint density at radius 3 is 2.15 bits per heavy atom. The number of hydrogen-bond donors (Lipinski definition) is 4. The van der Waals surface area contributed by atoms with Crippen molar-refractivity contribution in [2.24, 2.45) is 0 Å². The Morgan fingerprint density at radius 1 is 0.923 bits per heavy atom. The summed E-state index contributed by atoms with van der Waals surface area (Å²) in [6.07, 6.45) is 4.55. The topological polar surface area (TPSA) is 130 Å². The first-order valence-corrected chi connectivity index (χ1v) is 11.8. The lowest BCUT2D eigenvalue weighted by molar-refractivity contribution is 0.0882. The number of pyridine rings is 1. The van der Waals surface area contributed by atoms with E-state index in [-0.39, 0.29) is 60.0 Å². The highest BCUT2D eigenvalue weighted by Crippen LogP contribution is 2.30. The molecule has 9 nitrogen and oxygen atoms in total. The van der Waals surface area contributed by atoms with Crippen LogP contribution in [0.2, 0.25) is 0 Å². The molecule has 0 unspecified atom stereocenters. The van der Waals surface area contributed by atoms with Crippen molar-refractivity contribution in [2.45, 2.75) is 24.9 Å². The van der Waals surface area contributed by atoms with Gasteiger partial charge in [-0.05, 0) is 55.8 Å². The normalized spacial score (nSPS) is 16.5. The minimum absolute atomic E-state index is 0. The zero-order valence-electron chi connectivity index (χ0n) is 21.0. The second kappa shape index (κ2) is 14.4. The molecule has 4 rings (SSSR count). The van der Waals surface area contributed by atoms with Crippen molar-refractivity contribution in [1.82, 2.24) is 20.9 Å². The van der Waals surface area contributed by atoms with E-state index >= 15 is 0 Å². The molecule has 0 saturated carbocycles. The predicted molar refractivity (Wildman–Crippen MR) is 148 cm³/mol. The van der Waals surface area contributed by atoms with Gasteiger partial charge in [-0.3, -0.25) is 19.4 Å². The van der Waals surface area contributed by atoms with Crippen molar-refractivity contribution in [1.29, 1.82) is 0 Å². The van der Waals surface area contributed by atoms with Gasteiger partial charge in [0.25, 0.3) is 11.8 Å². The molecule has 0 bridgehead atoms. The van der Waals surface area contributed by atoms with Gasteiger partial charge in [0.05, 0.1) is 19.2 Å². The van der Waals surface area contributed by atoms with E-state index in [0.29, 0.717) is 24.1 Å². The molecule has 1 fully saturated rings. The van der Waals surface area contributed by atoms with E-state index in [2.05, 4.69) is 20.9 Å². The van der Waals surface area contributed by atoms with Gasteiger partial charge in [0.2, 0.25) is 0 Å². The highest BCUT2D eigenvalue weighted by atomic mass is 35.5. The van der Waals surface area contributed by atoms with E-state index in [1.165, 1.54) is 55.9 Å². The largest absolute Gasteiger partial charge is 0.507 e. The van der Waals surface area contributed by atoms with Crippen LogP contribution in [0.3, 0.4) is 0 Å². The lowest BCUT2D eigenvalue weighted by atomic mass is 9.99. The molecule has 2 heterocycles. The van der Waals surface area contributed by atoms with E-state index in [1.807, 2.05) is 0 Å². The Hall–Kier alpha value is -3.73. The molecule has 0 spiro atoms. The van der Waals surface area contributed by atoms with Gasteiger partial charge in [-0.2, -0.15) is 0 Å². The third-order valence-corrected chi connectivity index (χ3v) is 6.23. The average molecular weight is 579 g/mol. The summed E-state index contributed by atoms with van der Waals surface area (Å²) in [6.45, 7) is 1.25. The molecule has 2 aromatic carbocycles. The number of halogens is 3. The molecular weight excluding hydrogens is 550 g/mol. The van der Waals surface area contributed by atoms with Crippen LogP contribution in [0.5, 0.6) is 11.5 Å². The second-order valence-corrected chi connectivity index (χ2v) is 8.62. The summed E-state index contributed by atoms with van der Waals surface area (Å²) in [6, 6.07) is 10.7. The summed E-state index contributed by atoms with van der Waals surface area (Å²) >= 11 is 0. The number of ketones is 1. The summed E-state index contributed by atoms with van der Waals surface area (Å²) in [5, 5.41) is 19.3. The van der Waals surface area contributed by atoms with Crippen LogP contribution in [0.25, 0.3) is 0 Å². The summed E-state index contributed by atoms with van der Waals surface area (Å²) in [5.41, 5.74) is 0.363. The number of carbonyl (C=O) groups excluding carboxylic acids is 3. The van der Waals surface area contributed by atoms with Gasteiger partial charge >= 0.3 is 0 Å². The molecular formula is C27H29Cl2FN4O5. The number of hydrogen-bond acceptors (Lipinski definition) is 7. The number of amides is 2. The highest BCUT2D eigenvalue weighted by molar-refractivity contribution is 6.11. The number of aromatic hydroxyl groups is 1. The fraction of sp³-hybridized carbons (Fsp3) is 0.259. The summed E-state index contributed by atoms with van der Waals surface area (Å²) in [4.78, 5) is 42.5. The molecule has 0 radical (unpaired) electrons. The SMILES string of the molecule is COc1ccc(O)c(C(=O)c2ccc(C(=O)N[C@@H]3CCCNC[C@H]3NC(=O)c3ccncc3)cc2)c1F.Cl.Cl. The Bertz CT molecular complexity index is 1300. The first-order chi connectivity index (χ1) is 17.9.